The molecule has 0 N–H and O–H groups in total. The zero-order chi connectivity index (χ0) is 7.15. The average molecular weight is 254 g/mol. The summed E-state index contributed by atoms with van der Waals surface area (Å²) >= 11 is 0. The molecule has 11 heteroatoms. The molecule has 0 aromatic heterocycles. The fraction of sp³-hybridized carbons (Fsp3) is 0. The average Bonchev–Trinajstić information content (AvgIpc) is 1.25. The molecule has 6 nitrogen and oxygen atoms in total. The smallest absolute Gasteiger partial charge is 0.672 e. The van der Waals surface area contributed by atoms with Crippen LogP contribution in [0.3, 0.4) is 0 Å². The predicted molar refractivity (Wildman–Crippen MR) is 18.6 cm³/mol. The monoisotopic (exact) mass is 254 g/mol. The minimum Gasteiger partial charge on any atom is -0.672 e. The van der Waals surface area contributed by atoms with Crippen molar-refractivity contribution in [1.82, 2.24) is 0 Å². The zero-order valence-corrected chi connectivity index (χ0v) is 11.6. The molecular weight excluding hydrogens is 254 g/mol. The normalized spacial score (nSPS) is 4.36. The third-order valence-corrected chi connectivity index (χ3v) is 0. The molecule has 0 aromatic carbocycles. The van der Waals surface area contributed by atoms with Crippen molar-refractivity contribution in [3.8, 4) is 0 Å². The summed E-state index contributed by atoms with van der Waals surface area (Å²) in [6.07, 6.45) is 0. The molecule has 0 bridgehead atoms. The Morgan fingerprint density at radius 2 is 0.727 bits per heavy atom. The van der Waals surface area contributed by atoms with E-state index in [-0.39, 0.29) is 83.2 Å². The van der Waals surface area contributed by atoms with Gasteiger partial charge in [-0.1, -0.05) is 0 Å². The third kappa shape index (κ3) is 321. The van der Waals surface area contributed by atoms with Crippen molar-refractivity contribution in [2.24, 2.45) is 0 Å². The van der Waals surface area contributed by atoms with Crippen LogP contribution in [0.2, 0.25) is 0 Å². The second-order valence-electron chi connectivity index (χ2n) is 0.500. The van der Waals surface area contributed by atoms with E-state index in [9.17, 15) is 0 Å². The zero-order valence-electron chi connectivity index (χ0n) is 6.16. The van der Waals surface area contributed by atoms with Crippen LogP contribution in [0, 0.1) is 0 Å². The number of hydrogen-bond acceptors (Lipinski definition) is 6. The van der Waals surface area contributed by atoms with Crippen LogP contribution in [-0.4, -0.2) is 63.8 Å². The largest absolute Gasteiger partial charge is 2.00 e. The van der Waals surface area contributed by atoms with E-state index < -0.39 is 18.3 Å². The second-order valence-corrected chi connectivity index (χ2v) is 1.50. The molecule has 0 aromatic rings. The van der Waals surface area contributed by atoms with Gasteiger partial charge >= 0.3 is 83.2 Å². The topological polar surface area (TPSA) is 126 Å². The molecule has 0 atom stereocenters. The van der Waals surface area contributed by atoms with Crippen LogP contribution >= 0.6 is 0 Å². The molecule has 0 fully saturated rings. The Kier molecular flexibility index (Phi) is 60.3. The first kappa shape index (κ1) is 29.3. The molecule has 11 heavy (non-hydrogen) atoms. The molecule has 0 aliphatic heterocycles. The second kappa shape index (κ2) is 22.7. The Morgan fingerprint density at radius 3 is 0.727 bits per heavy atom. The van der Waals surface area contributed by atoms with Crippen molar-refractivity contribution >= 4 is 63.8 Å². The van der Waals surface area contributed by atoms with Crippen molar-refractivity contribution in [2.45, 2.75) is 0 Å². The van der Waals surface area contributed by atoms with E-state index in [1.807, 2.05) is 0 Å². The third-order valence-electron chi connectivity index (χ3n) is 0. The van der Waals surface area contributed by atoms with Crippen LogP contribution in [0.25, 0.3) is 0 Å². The van der Waals surface area contributed by atoms with Crippen LogP contribution in [0.4, 0.5) is 0 Å². The SMILES string of the molecule is O=[Si]([O-])[O-].O=[Si]([O-])[O-].[Li+].[Li+].[Sr+2]. The minimum absolute atomic E-state index is 0. The van der Waals surface area contributed by atoms with Crippen molar-refractivity contribution in [2.75, 3.05) is 0 Å². The molecule has 48 valence electrons. The number of hydrogen-bond donors (Lipinski definition) is 0. The van der Waals surface area contributed by atoms with Gasteiger partial charge in [-0.05, 0) is 0 Å². The summed E-state index contributed by atoms with van der Waals surface area (Å²) < 4.78 is 17.0. The Hall–Kier alpha value is 1.91. The fourth-order valence-corrected chi connectivity index (χ4v) is 0. The van der Waals surface area contributed by atoms with Crippen LogP contribution in [0.1, 0.15) is 0 Å². The van der Waals surface area contributed by atoms with E-state index in [0.717, 1.165) is 0 Å². The first-order valence-electron chi connectivity index (χ1n) is 1.22. The summed E-state index contributed by atoms with van der Waals surface area (Å²) in [6, 6.07) is 0. The quantitative estimate of drug-likeness (QED) is 0.395. The molecule has 0 radical (unpaired) electrons. The van der Waals surface area contributed by atoms with Crippen molar-refractivity contribution in [3.63, 3.8) is 0 Å². The molecule has 0 aliphatic rings. The molecule has 0 saturated carbocycles. The maximum absolute atomic E-state index is 8.52. The summed E-state index contributed by atoms with van der Waals surface area (Å²) in [5, 5.41) is 0. The van der Waals surface area contributed by atoms with Crippen LogP contribution in [-0.2, 0) is 8.92 Å². The minimum atomic E-state index is -3.63. The van der Waals surface area contributed by atoms with Crippen LogP contribution in [0.5, 0.6) is 0 Å². The van der Waals surface area contributed by atoms with Gasteiger partial charge in [0, 0.05) is 18.3 Å². The van der Waals surface area contributed by atoms with E-state index in [0.29, 0.717) is 0 Å². The van der Waals surface area contributed by atoms with E-state index in [1.54, 1.807) is 0 Å². The van der Waals surface area contributed by atoms with Crippen molar-refractivity contribution < 1.29 is 65.8 Å². The number of rotatable bonds is 0. The molecule has 0 saturated heterocycles. The van der Waals surface area contributed by atoms with Gasteiger partial charge in [-0.3, -0.25) is 0 Å². The van der Waals surface area contributed by atoms with Gasteiger partial charge in [0.15, 0.2) is 0 Å². The summed E-state index contributed by atoms with van der Waals surface area (Å²) in [5.41, 5.74) is 0. The maximum Gasteiger partial charge on any atom is 2.00 e. The van der Waals surface area contributed by atoms with Gasteiger partial charge in [0.25, 0.3) is 0 Å². The Labute approximate surface area is 127 Å². The first-order valence-corrected chi connectivity index (χ1v) is 3.67. The summed E-state index contributed by atoms with van der Waals surface area (Å²) in [5.74, 6) is 0. The van der Waals surface area contributed by atoms with Gasteiger partial charge in [0.05, 0.1) is 0 Å². The predicted octanol–water partition coefficient (Wildman–Crippen LogP) is -12.1. The van der Waals surface area contributed by atoms with Gasteiger partial charge in [0.1, 0.15) is 0 Å². The molecular formula is Li2O6Si2Sr. The van der Waals surface area contributed by atoms with Gasteiger partial charge in [-0.2, -0.15) is 0 Å². The summed E-state index contributed by atoms with van der Waals surface area (Å²) in [6.45, 7) is 0. The van der Waals surface area contributed by atoms with Crippen LogP contribution < -0.4 is 56.9 Å². The Balaban J connectivity index is -0.0000000171. The van der Waals surface area contributed by atoms with Crippen LogP contribution in [0.15, 0.2) is 0 Å². The van der Waals surface area contributed by atoms with E-state index in [4.69, 9.17) is 28.1 Å². The standard InChI is InChI=1S/2Li.2O3Si.Sr/c;;2*1-4(2)3;/q2*+1;2*-2;+2. The van der Waals surface area contributed by atoms with Gasteiger partial charge in [-0.15, -0.1) is 0 Å². The van der Waals surface area contributed by atoms with Gasteiger partial charge in [0.2, 0.25) is 0 Å². The Morgan fingerprint density at radius 1 is 0.727 bits per heavy atom. The Bertz CT molecular complexity index is 76.6. The maximum atomic E-state index is 8.52. The fourth-order valence-electron chi connectivity index (χ4n) is 0. The molecule has 0 aliphatic carbocycles. The molecule has 0 rings (SSSR count). The summed E-state index contributed by atoms with van der Waals surface area (Å²) in [7, 11) is -7.26. The van der Waals surface area contributed by atoms with Gasteiger partial charge < -0.3 is 28.1 Å². The van der Waals surface area contributed by atoms with Gasteiger partial charge in [-0.25, -0.2) is 0 Å². The van der Waals surface area contributed by atoms with E-state index in [2.05, 4.69) is 0 Å². The van der Waals surface area contributed by atoms with Crippen molar-refractivity contribution in [3.05, 3.63) is 0 Å². The molecule has 0 amide bonds. The van der Waals surface area contributed by atoms with Crippen molar-refractivity contribution in [1.29, 1.82) is 0 Å². The summed E-state index contributed by atoms with van der Waals surface area (Å²) in [4.78, 5) is 34.1. The van der Waals surface area contributed by atoms with E-state index in [1.165, 1.54) is 0 Å². The van der Waals surface area contributed by atoms with E-state index >= 15 is 0 Å². The molecule has 0 heterocycles. The first-order chi connectivity index (χ1) is 3.46. The molecule has 0 spiro atoms. The molecule has 0 unspecified atom stereocenters.